The van der Waals surface area contributed by atoms with Gasteiger partial charge in [0, 0.05) is 0 Å². The maximum absolute atomic E-state index is 8.49. The van der Waals surface area contributed by atoms with Gasteiger partial charge in [-0.25, -0.2) is 55.9 Å². The molecule has 0 unspecified atom stereocenters. The van der Waals surface area contributed by atoms with Crippen molar-refractivity contribution in [3.05, 3.63) is 0 Å². The Labute approximate surface area is 171 Å². The Morgan fingerprint density at radius 1 is 0.240 bits per heavy atom. The van der Waals surface area contributed by atoms with Crippen LogP contribution in [0.3, 0.4) is 0 Å². The first-order valence-electron chi connectivity index (χ1n) is 1.85. The van der Waals surface area contributed by atoms with Crippen LogP contribution in [-0.2, 0) is 0 Å². The molecule has 0 fully saturated rings. The third kappa shape index (κ3) is 9070. The largest absolute Gasteiger partial charge is 3.00 e. The Balaban J connectivity index is -0.00000000655. The van der Waals surface area contributed by atoms with E-state index in [9.17, 15) is 0 Å². The molecule has 0 rings (SSSR count). The minimum Gasteiger partial charge on any atom is -0.412 e. The summed E-state index contributed by atoms with van der Waals surface area (Å²) < 4.78 is 102. The first-order chi connectivity index (χ1) is 6.00. The molecule has 21 nitrogen and oxygen atoms in total. The normalized spacial score (nSPS) is 7.20. The van der Waals surface area contributed by atoms with Gasteiger partial charge >= 0.3 is 35.6 Å². The summed E-state index contributed by atoms with van der Waals surface area (Å²) in [5.41, 5.74) is 0. The number of rotatable bonds is 0. The van der Waals surface area contributed by atoms with Crippen LogP contribution >= 0.6 is 0 Å². The van der Waals surface area contributed by atoms with E-state index in [0.29, 0.717) is 0 Å². The van der Waals surface area contributed by atoms with Crippen molar-refractivity contribution in [3.8, 4) is 0 Å². The molecular formula is H18Cl3LaO21. The quantitative estimate of drug-likeness (QED) is 0.250. The van der Waals surface area contributed by atoms with E-state index in [4.69, 9.17) is 55.9 Å². The Morgan fingerprint density at radius 2 is 0.240 bits per heavy atom. The van der Waals surface area contributed by atoms with Gasteiger partial charge in [0.2, 0.25) is 0 Å². The molecule has 0 aromatic heterocycles. The van der Waals surface area contributed by atoms with Crippen molar-refractivity contribution in [2.24, 2.45) is 0 Å². The van der Waals surface area contributed by atoms with Crippen LogP contribution < -0.4 is 55.9 Å². The summed E-state index contributed by atoms with van der Waals surface area (Å²) in [6.07, 6.45) is 0. The van der Waals surface area contributed by atoms with Gasteiger partial charge in [0.05, 0.1) is 0 Å². The van der Waals surface area contributed by atoms with E-state index in [2.05, 4.69) is 0 Å². The second kappa shape index (κ2) is 40.1. The molecule has 18 N–H and O–H groups in total. The van der Waals surface area contributed by atoms with E-state index in [0.717, 1.165) is 0 Å². The first-order valence-corrected chi connectivity index (χ1v) is 5.55. The van der Waals surface area contributed by atoms with Crippen molar-refractivity contribution in [2.75, 3.05) is 0 Å². The molecule has 25 heteroatoms. The summed E-state index contributed by atoms with van der Waals surface area (Å²) in [5, 5.41) is 0. The van der Waals surface area contributed by atoms with E-state index in [1.165, 1.54) is 0 Å². The second-order valence-electron chi connectivity index (χ2n) is 1.13. The molecule has 0 amide bonds. The number of halogens is 3. The minimum atomic E-state index is -4.94. The molecule has 0 aliphatic heterocycles. The van der Waals surface area contributed by atoms with E-state index >= 15 is 0 Å². The van der Waals surface area contributed by atoms with Gasteiger partial charge in [-0.3, -0.25) is 0 Å². The molecule has 0 aromatic carbocycles. The Morgan fingerprint density at radius 3 is 0.240 bits per heavy atom. The van der Waals surface area contributed by atoms with Gasteiger partial charge < -0.3 is 49.3 Å². The third-order valence-electron chi connectivity index (χ3n) is 0. The molecule has 0 aromatic rings. The maximum Gasteiger partial charge on any atom is 3.00 e. The Kier molecular flexibility index (Phi) is 153. The van der Waals surface area contributed by atoms with Gasteiger partial charge in [-0.1, -0.05) is 0 Å². The van der Waals surface area contributed by atoms with Gasteiger partial charge in [0.25, 0.3) is 0 Å². The third-order valence-corrected chi connectivity index (χ3v) is 0. The summed E-state index contributed by atoms with van der Waals surface area (Å²) in [6, 6.07) is 0. The maximum atomic E-state index is 8.49. The second-order valence-corrected chi connectivity index (χ2v) is 3.40. The predicted octanol–water partition coefficient (Wildman–Crippen LogP) is -21.7. The standard InChI is InChI=1S/3ClHO4.La.9H2O/c3*2-1(3,4)5;;;;;;;;;;/h3*(H,2,3,4,5);;9*1H2/q;;;+3;;;;;;;;;/p-3. The van der Waals surface area contributed by atoms with Crippen LogP contribution in [0.25, 0.3) is 0 Å². The van der Waals surface area contributed by atoms with Crippen molar-refractivity contribution in [1.82, 2.24) is 0 Å². The van der Waals surface area contributed by atoms with Crippen LogP contribution in [0.5, 0.6) is 0 Å². The fraction of sp³-hybridized carbons (Fsp3) is 0. The van der Waals surface area contributed by atoms with Crippen molar-refractivity contribution in [2.45, 2.75) is 0 Å². The molecule has 0 radical (unpaired) electrons. The average molecular weight is 599 g/mol. The number of hydrogen-bond acceptors (Lipinski definition) is 12. The Bertz CT molecular complexity index is 94.2. The zero-order chi connectivity index (χ0) is 13.5. The smallest absolute Gasteiger partial charge is 0.412 e. The van der Waals surface area contributed by atoms with Crippen molar-refractivity contribution in [1.29, 1.82) is 0 Å². The van der Waals surface area contributed by atoms with E-state index in [-0.39, 0.29) is 84.9 Å². The van der Waals surface area contributed by atoms with Crippen LogP contribution in [0, 0.1) is 66.3 Å². The van der Waals surface area contributed by atoms with Crippen LogP contribution in [0.2, 0.25) is 0 Å². The molecule has 168 valence electrons. The molecule has 25 heavy (non-hydrogen) atoms. The summed E-state index contributed by atoms with van der Waals surface area (Å²) in [5.74, 6) is 0. The van der Waals surface area contributed by atoms with E-state index in [1.807, 2.05) is 0 Å². The van der Waals surface area contributed by atoms with Crippen molar-refractivity contribution in [3.63, 3.8) is 0 Å². The predicted molar refractivity (Wildman–Crippen MR) is 32.5 cm³/mol. The summed E-state index contributed by atoms with van der Waals surface area (Å²) in [6.45, 7) is 0. The molecule has 0 saturated carbocycles. The summed E-state index contributed by atoms with van der Waals surface area (Å²) in [4.78, 5) is 0. The van der Waals surface area contributed by atoms with Gasteiger partial charge in [-0.2, -0.15) is 0 Å². The van der Waals surface area contributed by atoms with Gasteiger partial charge in [-0.15, -0.1) is 30.7 Å². The molecule has 0 atom stereocenters. The zero-order valence-electron chi connectivity index (χ0n) is 11.1. The molecule has 0 heterocycles. The Hall–Kier alpha value is 1.22. The molecule has 0 bridgehead atoms. The van der Waals surface area contributed by atoms with Gasteiger partial charge in [0.1, 0.15) is 0 Å². The van der Waals surface area contributed by atoms with Crippen LogP contribution in [0.15, 0.2) is 0 Å². The number of hydrogen-bond donors (Lipinski definition) is 0. The van der Waals surface area contributed by atoms with E-state index < -0.39 is 30.7 Å². The van der Waals surface area contributed by atoms with Gasteiger partial charge in [-0.05, 0) is 0 Å². The minimum absolute atomic E-state index is 0. The fourth-order valence-electron chi connectivity index (χ4n) is 0. The molecule has 0 saturated heterocycles. The molecular weight excluding hydrogens is 581 g/mol. The molecule has 0 aliphatic carbocycles. The van der Waals surface area contributed by atoms with Crippen LogP contribution in [0.1, 0.15) is 0 Å². The van der Waals surface area contributed by atoms with E-state index in [1.54, 1.807) is 0 Å². The first kappa shape index (κ1) is 95.4. The summed E-state index contributed by atoms with van der Waals surface area (Å²) >= 11 is 0. The van der Waals surface area contributed by atoms with Crippen molar-refractivity contribution >= 4 is 0 Å². The average Bonchev–Trinajstić information content (AvgIpc) is 1.41. The molecule has 0 spiro atoms. The molecule has 0 aliphatic rings. The fourth-order valence-corrected chi connectivity index (χ4v) is 0. The van der Waals surface area contributed by atoms with Crippen LogP contribution in [0.4, 0.5) is 0 Å². The summed E-state index contributed by atoms with van der Waals surface area (Å²) in [7, 11) is -14.8. The SMILES string of the molecule is O.O.O.O.O.O.O.O.O.[La+3].[O-][Cl+3]([O-])([O-])[O-].[O-][Cl+3]([O-])([O-])[O-].[O-][Cl+3]([O-])([O-])[O-]. The monoisotopic (exact) mass is 598 g/mol. The van der Waals surface area contributed by atoms with Gasteiger partial charge in [0.15, 0.2) is 0 Å². The van der Waals surface area contributed by atoms with Crippen LogP contribution in [-0.4, -0.2) is 49.3 Å². The topological polar surface area (TPSA) is 560 Å². The van der Waals surface area contributed by atoms with Crippen molar-refractivity contribution < 1.29 is 172 Å². The zero-order valence-corrected chi connectivity index (χ0v) is 17.0.